The van der Waals surface area contributed by atoms with E-state index < -0.39 is 11.9 Å². The van der Waals surface area contributed by atoms with Crippen molar-refractivity contribution in [2.75, 3.05) is 0 Å². The van der Waals surface area contributed by atoms with E-state index >= 15 is 0 Å². The van der Waals surface area contributed by atoms with E-state index in [4.69, 9.17) is 4.74 Å². The summed E-state index contributed by atoms with van der Waals surface area (Å²) >= 11 is 0. The second kappa shape index (κ2) is 5.21. The lowest BCUT2D eigenvalue weighted by Gasteiger charge is -2.16. The van der Waals surface area contributed by atoms with E-state index in [0.29, 0.717) is 16.5 Å². The zero-order chi connectivity index (χ0) is 15.8. The summed E-state index contributed by atoms with van der Waals surface area (Å²) in [5, 5.41) is 1.54. The Labute approximate surface area is 132 Å². The standard InChI is InChI=1S/C20H12O3/c21-19-16-8-4-7-15-14(10-9-13-5-2-1-3-6-13)11-12-17(18(15)16)20(22)23-19/h1-12H. The molecule has 0 aromatic heterocycles. The van der Waals surface area contributed by atoms with Gasteiger partial charge in [-0.25, -0.2) is 9.59 Å². The molecule has 3 nitrogen and oxygen atoms in total. The fourth-order valence-corrected chi connectivity index (χ4v) is 2.86. The van der Waals surface area contributed by atoms with Crippen molar-refractivity contribution < 1.29 is 14.3 Å². The topological polar surface area (TPSA) is 43.4 Å². The molecule has 0 N–H and O–H groups in total. The van der Waals surface area contributed by atoms with Gasteiger partial charge in [0.1, 0.15) is 0 Å². The predicted octanol–water partition coefficient (Wildman–Crippen LogP) is 4.32. The van der Waals surface area contributed by atoms with Crippen LogP contribution in [0.3, 0.4) is 0 Å². The van der Waals surface area contributed by atoms with Crippen LogP contribution in [0.5, 0.6) is 0 Å². The van der Waals surface area contributed by atoms with Crippen molar-refractivity contribution in [3.63, 3.8) is 0 Å². The van der Waals surface area contributed by atoms with Crippen LogP contribution in [0.2, 0.25) is 0 Å². The Morgan fingerprint density at radius 3 is 2.22 bits per heavy atom. The molecule has 0 spiro atoms. The van der Waals surface area contributed by atoms with Crippen LogP contribution in [-0.2, 0) is 4.74 Å². The molecule has 4 rings (SSSR count). The molecule has 0 fully saturated rings. The predicted molar refractivity (Wildman–Crippen MR) is 89.1 cm³/mol. The molecule has 0 aliphatic carbocycles. The van der Waals surface area contributed by atoms with Gasteiger partial charge in [-0.15, -0.1) is 0 Å². The van der Waals surface area contributed by atoms with Gasteiger partial charge in [-0.1, -0.05) is 60.7 Å². The molecule has 110 valence electrons. The van der Waals surface area contributed by atoms with Crippen molar-refractivity contribution in [2.45, 2.75) is 0 Å². The third-order valence-corrected chi connectivity index (χ3v) is 3.95. The van der Waals surface area contributed by atoms with Gasteiger partial charge in [-0.05, 0) is 28.6 Å². The highest BCUT2D eigenvalue weighted by Gasteiger charge is 2.27. The number of esters is 2. The molecule has 0 amide bonds. The normalized spacial score (nSPS) is 13.6. The second-order valence-corrected chi connectivity index (χ2v) is 5.35. The van der Waals surface area contributed by atoms with Gasteiger partial charge in [0.15, 0.2) is 0 Å². The van der Waals surface area contributed by atoms with E-state index in [2.05, 4.69) is 0 Å². The van der Waals surface area contributed by atoms with Gasteiger partial charge in [-0.2, -0.15) is 0 Å². The van der Waals surface area contributed by atoms with Crippen molar-refractivity contribution in [2.24, 2.45) is 0 Å². The van der Waals surface area contributed by atoms with Gasteiger partial charge >= 0.3 is 11.9 Å². The molecule has 3 aromatic rings. The third-order valence-electron chi connectivity index (χ3n) is 3.95. The second-order valence-electron chi connectivity index (χ2n) is 5.35. The molecule has 1 aliphatic rings. The molecule has 0 radical (unpaired) electrons. The Balaban J connectivity index is 1.91. The van der Waals surface area contributed by atoms with Crippen LogP contribution in [0.15, 0.2) is 60.7 Å². The van der Waals surface area contributed by atoms with E-state index in [1.807, 2.05) is 54.6 Å². The summed E-state index contributed by atoms with van der Waals surface area (Å²) in [5.74, 6) is -1.17. The summed E-state index contributed by atoms with van der Waals surface area (Å²) in [6.07, 6.45) is 4.00. The third kappa shape index (κ3) is 2.23. The van der Waals surface area contributed by atoms with Crippen molar-refractivity contribution in [3.05, 3.63) is 82.9 Å². The van der Waals surface area contributed by atoms with Crippen molar-refractivity contribution >= 4 is 34.9 Å². The van der Waals surface area contributed by atoms with Crippen LogP contribution in [0, 0.1) is 0 Å². The molecule has 1 heterocycles. The molecule has 3 aromatic carbocycles. The number of hydrogen-bond acceptors (Lipinski definition) is 3. The van der Waals surface area contributed by atoms with Gasteiger partial charge in [0, 0.05) is 5.39 Å². The first kappa shape index (κ1) is 13.5. The Bertz CT molecular complexity index is 949. The van der Waals surface area contributed by atoms with Crippen LogP contribution in [0.25, 0.3) is 22.9 Å². The first-order chi connectivity index (χ1) is 11.2. The lowest BCUT2D eigenvalue weighted by Crippen LogP contribution is -2.19. The van der Waals surface area contributed by atoms with Gasteiger partial charge in [0.25, 0.3) is 0 Å². The van der Waals surface area contributed by atoms with Gasteiger partial charge in [0.05, 0.1) is 11.1 Å². The van der Waals surface area contributed by atoms with Gasteiger partial charge < -0.3 is 4.74 Å². The Morgan fingerprint density at radius 2 is 1.43 bits per heavy atom. The number of rotatable bonds is 2. The first-order valence-corrected chi connectivity index (χ1v) is 7.29. The maximum atomic E-state index is 11.9. The summed E-state index contributed by atoms with van der Waals surface area (Å²) in [7, 11) is 0. The zero-order valence-electron chi connectivity index (χ0n) is 12.2. The SMILES string of the molecule is O=C1OC(=O)c2ccc(C=Cc3ccccc3)c3cccc1c23. The zero-order valence-corrected chi connectivity index (χ0v) is 12.2. The Morgan fingerprint density at radius 1 is 0.696 bits per heavy atom. The van der Waals surface area contributed by atoms with Crippen LogP contribution < -0.4 is 0 Å². The summed E-state index contributed by atoms with van der Waals surface area (Å²) in [6.45, 7) is 0. The lowest BCUT2D eigenvalue weighted by molar-refractivity contribution is 0.0391. The largest absolute Gasteiger partial charge is 0.386 e. The van der Waals surface area contributed by atoms with Crippen molar-refractivity contribution in [3.8, 4) is 0 Å². The summed E-state index contributed by atoms with van der Waals surface area (Å²) in [4.78, 5) is 23.8. The smallest absolute Gasteiger partial charge is 0.346 e. The average Bonchev–Trinajstić information content (AvgIpc) is 2.59. The van der Waals surface area contributed by atoms with Gasteiger partial charge in [0.2, 0.25) is 0 Å². The number of cyclic esters (lactones) is 2. The molecule has 23 heavy (non-hydrogen) atoms. The minimum atomic E-state index is -0.586. The minimum Gasteiger partial charge on any atom is -0.386 e. The fraction of sp³-hybridized carbons (Fsp3) is 0. The van der Waals surface area contributed by atoms with Crippen molar-refractivity contribution in [1.82, 2.24) is 0 Å². The van der Waals surface area contributed by atoms with E-state index in [-0.39, 0.29) is 0 Å². The number of carbonyl (C=O) groups is 2. The number of benzene rings is 3. The van der Waals surface area contributed by atoms with Crippen LogP contribution >= 0.6 is 0 Å². The lowest BCUT2D eigenvalue weighted by atomic mass is 9.93. The highest BCUT2D eigenvalue weighted by Crippen LogP contribution is 2.31. The molecular formula is C20H12O3. The van der Waals surface area contributed by atoms with Crippen molar-refractivity contribution in [1.29, 1.82) is 0 Å². The van der Waals surface area contributed by atoms with Crippen LogP contribution in [-0.4, -0.2) is 11.9 Å². The quantitative estimate of drug-likeness (QED) is 0.402. The summed E-state index contributed by atoms with van der Waals surface area (Å²) in [6, 6.07) is 19.0. The van der Waals surface area contributed by atoms with E-state index in [1.165, 1.54) is 0 Å². The maximum Gasteiger partial charge on any atom is 0.346 e. The monoisotopic (exact) mass is 300 g/mol. The number of ether oxygens (including phenoxy) is 1. The van der Waals surface area contributed by atoms with Crippen LogP contribution in [0.4, 0.5) is 0 Å². The molecule has 1 aliphatic heterocycles. The molecule has 0 saturated heterocycles. The van der Waals surface area contributed by atoms with E-state index in [1.54, 1.807) is 18.2 Å². The minimum absolute atomic E-state index is 0.437. The molecule has 0 bridgehead atoms. The van der Waals surface area contributed by atoms with E-state index in [9.17, 15) is 9.59 Å². The summed E-state index contributed by atoms with van der Waals surface area (Å²) < 4.78 is 4.78. The van der Waals surface area contributed by atoms with Crippen LogP contribution in [0.1, 0.15) is 31.8 Å². The maximum absolute atomic E-state index is 11.9. The first-order valence-electron chi connectivity index (χ1n) is 7.29. The van der Waals surface area contributed by atoms with Gasteiger partial charge in [-0.3, -0.25) is 0 Å². The average molecular weight is 300 g/mol. The molecule has 0 saturated carbocycles. The Kier molecular flexibility index (Phi) is 3.05. The molecular weight excluding hydrogens is 288 g/mol. The number of carbonyl (C=O) groups excluding carboxylic acids is 2. The molecule has 0 atom stereocenters. The molecule has 0 unspecified atom stereocenters. The Hall–Kier alpha value is -3.20. The fourth-order valence-electron chi connectivity index (χ4n) is 2.86. The molecule has 3 heteroatoms. The number of hydrogen-bond donors (Lipinski definition) is 0. The summed E-state index contributed by atoms with van der Waals surface area (Å²) in [5.41, 5.74) is 2.92. The highest BCUT2D eigenvalue weighted by atomic mass is 16.6. The highest BCUT2D eigenvalue weighted by molar-refractivity contribution is 6.21. The van der Waals surface area contributed by atoms with E-state index in [0.717, 1.165) is 16.5 Å².